The minimum absolute atomic E-state index is 0.0258. The first-order valence-corrected chi connectivity index (χ1v) is 6.38. The van der Waals surface area contributed by atoms with Crippen LogP contribution in [0.3, 0.4) is 0 Å². The molecule has 1 aliphatic rings. The number of halogens is 1. The number of aromatic nitrogens is 3. The molecule has 18 heavy (non-hydrogen) atoms. The molecule has 0 radical (unpaired) electrons. The Morgan fingerprint density at radius 2 is 2.17 bits per heavy atom. The number of rotatable bonds is 1. The highest BCUT2D eigenvalue weighted by Crippen LogP contribution is 2.27. The van der Waals surface area contributed by atoms with Crippen LogP contribution in [-0.2, 0) is 0 Å². The highest BCUT2D eigenvalue weighted by Gasteiger charge is 2.13. The quantitative estimate of drug-likeness (QED) is 0.586. The lowest BCUT2D eigenvalue weighted by atomic mass is 9.93. The van der Waals surface area contributed by atoms with E-state index in [9.17, 15) is 5.21 Å². The van der Waals surface area contributed by atoms with Gasteiger partial charge in [0.15, 0.2) is 0 Å². The molecule has 0 unspecified atom stereocenters. The minimum Gasteiger partial charge on any atom is -0.594 e. The summed E-state index contributed by atoms with van der Waals surface area (Å²) in [6, 6.07) is 5.65. The molecule has 3 rings (SSSR count). The van der Waals surface area contributed by atoms with Gasteiger partial charge in [-0.15, -0.1) is 0 Å². The lowest BCUT2D eigenvalue weighted by Crippen LogP contribution is -2.32. The Bertz CT molecular complexity index is 639. The monoisotopic (exact) mass is 261 g/mol. The molecule has 92 valence electrons. The molecule has 0 aliphatic heterocycles. The molecule has 0 spiro atoms. The molecule has 5 heteroatoms. The second-order valence-electron chi connectivity index (χ2n) is 4.43. The first-order valence-electron chi connectivity index (χ1n) is 6.00. The van der Waals surface area contributed by atoms with Gasteiger partial charge >= 0.3 is 0 Å². The summed E-state index contributed by atoms with van der Waals surface area (Å²) in [7, 11) is 0. The van der Waals surface area contributed by atoms with Gasteiger partial charge in [-0.25, -0.2) is 4.98 Å². The Labute approximate surface area is 109 Å². The number of hydrogen-bond acceptors (Lipinski definition) is 3. The van der Waals surface area contributed by atoms with Crippen LogP contribution in [0.5, 0.6) is 0 Å². The van der Waals surface area contributed by atoms with Gasteiger partial charge in [-0.3, -0.25) is 0 Å². The lowest BCUT2D eigenvalue weighted by molar-refractivity contribution is -0.642. The molecule has 0 atom stereocenters. The molecule has 0 saturated carbocycles. The normalized spacial score (nSPS) is 15.7. The predicted molar refractivity (Wildman–Crippen MR) is 70.0 cm³/mol. The standard InChI is InChI=1S/C13H12ClN3O/c14-13-15-11-7-6-10(8-12(11)17(18)16-13)9-4-2-1-3-5-9/h4,6-8H,1-3,5H2. The maximum absolute atomic E-state index is 11.7. The maximum atomic E-state index is 11.7. The van der Waals surface area contributed by atoms with Gasteiger partial charge in [-0.05, 0) is 59.3 Å². The number of benzene rings is 1. The zero-order chi connectivity index (χ0) is 12.5. The maximum Gasteiger partial charge on any atom is 0.290 e. The fourth-order valence-corrected chi connectivity index (χ4v) is 2.48. The fraction of sp³-hybridized carbons (Fsp3) is 0.308. The summed E-state index contributed by atoms with van der Waals surface area (Å²) >= 11 is 5.66. The largest absolute Gasteiger partial charge is 0.594 e. The smallest absolute Gasteiger partial charge is 0.290 e. The number of allylic oxidation sites excluding steroid dienone is 2. The Balaban J connectivity index is 2.13. The summed E-state index contributed by atoms with van der Waals surface area (Å²) in [6.07, 6.45) is 6.88. The summed E-state index contributed by atoms with van der Waals surface area (Å²) in [5, 5.41) is 15.3. The van der Waals surface area contributed by atoms with Crippen LogP contribution >= 0.6 is 11.6 Å². The molecule has 1 aliphatic carbocycles. The molecule has 1 aromatic heterocycles. The SMILES string of the molecule is [O-][n+]1nc(Cl)nc2ccc(C3=CCCCC3)cc21. The highest BCUT2D eigenvalue weighted by atomic mass is 35.5. The van der Waals surface area contributed by atoms with E-state index in [4.69, 9.17) is 11.6 Å². The summed E-state index contributed by atoms with van der Waals surface area (Å²) in [5.74, 6) is 0. The van der Waals surface area contributed by atoms with Crippen LogP contribution in [0.25, 0.3) is 16.6 Å². The third-order valence-electron chi connectivity index (χ3n) is 3.23. The Kier molecular flexibility index (Phi) is 2.88. The molecule has 0 fully saturated rings. The van der Waals surface area contributed by atoms with Gasteiger partial charge < -0.3 is 5.21 Å². The lowest BCUT2D eigenvalue weighted by Gasteiger charge is -2.12. The molecule has 0 amide bonds. The van der Waals surface area contributed by atoms with Gasteiger partial charge in [-0.1, -0.05) is 12.1 Å². The van der Waals surface area contributed by atoms with Gasteiger partial charge in [0.1, 0.15) is 5.52 Å². The summed E-state index contributed by atoms with van der Waals surface area (Å²) in [5.41, 5.74) is 3.42. The highest BCUT2D eigenvalue weighted by molar-refractivity contribution is 6.28. The second kappa shape index (κ2) is 4.53. The molecular weight excluding hydrogens is 250 g/mol. The molecule has 1 heterocycles. The number of hydrogen-bond donors (Lipinski definition) is 0. The fourth-order valence-electron chi connectivity index (χ4n) is 2.32. The van der Waals surface area contributed by atoms with Crippen molar-refractivity contribution in [1.29, 1.82) is 0 Å². The van der Waals surface area contributed by atoms with E-state index in [-0.39, 0.29) is 5.28 Å². The summed E-state index contributed by atoms with van der Waals surface area (Å²) in [6.45, 7) is 0. The van der Waals surface area contributed by atoms with Crippen LogP contribution in [-0.4, -0.2) is 10.1 Å². The van der Waals surface area contributed by atoms with Crippen LogP contribution in [0.4, 0.5) is 0 Å². The van der Waals surface area contributed by atoms with Crippen LogP contribution in [0.2, 0.25) is 5.28 Å². The van der Waals surface area contributed by atoms with Gasteiger partial charge in [0.2, 0.25) is 0 Å². The van der Waals surface area contributed by atoms with E-state index >= 15 is 0 Å². The molecule has 0 N–H and O–H groups in total. The van der Waals surface area contributed by atoms with Crippen LogP contribution in [0, 0.1) is 5.21 Å². The van der Waals surface area contributed by atoms with Crippen molar-refractivity contribution in [3.8, 4) is 0 Å². The Morgan fingerprint density at radius 3 is 2.94 bits per heavy atom. The average Bonchev–Trinajstić information content (AvgIpc) is 2.39. The van der Waals surface area contributed by atoms with Crippen molar-refractivity contribution in [2.24, 2.45) is 0 Å². The van der Waals surface area contributed by atoms with Crippen molar-refractivity contribution >= 4 is 28.2 Å². The van der Waals surface area contributed by atoms with E-state index < -0.39 is 0 Å². The van der Waals surface area contributed by atoms with E-state index in [0.29, 0.717) is 15.9 Å². The van der Waals surface area contributed by atoms with Crippen molar-refractivity contribution in [2.45, 2.75) is 25.7 Å². The first-order chi connectivity index (χ1) is 8.74. The third kappa shape index (κ3) is 2.04. The molecular formula is C13H12ClN3O. The van der Waals surface area contributed by atoms with E-state index in [2.05, 4.69) is 16.2 Å². The van der Waals surface area contributed by atoms with E-state index in [0.717, 1.165) is 18.4 Å². The number of fused-ring (bicyclic) bond motifs is 1. The molecule has 1 aromatic carbocycles. The van der Waals surface area contributed by atoms with Crippen LogP contribution in [0.1, 0.15) is 31.2 Å². The van der Waals surface area contributed by atoms with Gasteiger partial charge in [0.05, 0.1) is 0 Å². The molecule has 0 saturated heterocycles. The predicted octanol–water partition coefficient (Wildman–Crippen LogP) is 2.87. The van der Waals surface area contributed by atoms with Crippen molar-refractivity contribution < 1.29 is 4.85 Å². The van der Waals surface area contributed by atoms with E-state index in [1.54, 1.807) is 0 Å². The van der Waals surface area contributed by atoms with Gasteiger partial charge in [0, 0.05) is 11.2 Å². The Hall–Kier alpha value is -1.68. The molecule has 0 bridgehead atoms. The zero-order valence-electron chi connectivity index (χ0n) is 9.77. The van der Waals surface area contributed by atoms with E-state index in [1.165, 1.54) is 18.4 Å². The minimum atomic E-state index is -0.0258. The zero-order valence-corrected chi connectivity index (χ0v) is 10.5. The summed E-state index contributed by atoms with van der Waals surface area (Å²) < 4.78 is 0. The van der Waals surface area contributed by atoms with Gasteiger partial charge in [0.25, 0.3) is 10.8 Å². The van der Waals surface area contributed by atoms with Crippen LogP contribution in [0.15, 0.2) is 24.3 Å². The topological polar surface area (TPSA) is 52.7 Å². The van der Waals surface area contributed by atoms with Gasteiger partial charge in [-0.2, -0.15) is 0 Å². The van der Waals surface area contributed by atoms with E-state index in [1.807, 2.05) is 18.2 Å². The van der Waals surface area contributed by atoms with Crippen molar-refractivity contribution in [3.05, 3.63) is 40.3 Å². The summed E-state index contributed by atoms with van der Waals surface area (Å²) in [4.78, 5) is 4.58. The van der Waals surface area contributed by atoms with Crippen LogP contribution < -0.4 is 4.85 Å². The average molecular weight is 262 g/mol. The van der Waals surface area contributed by atoms with Crippen molar-refractivity contribution in [2.75, 3.05) is 0 Å². The van der Waals surface area contributed by atoms with Crippen molar-refractivity contribution in [1.82, 2.24) is 10.1 Å². The third-order valence-corrected chi connectivity index (χ3v) is 3.39. The molecule has 2 aromatic rings. The molecule has 4 nitrogen and oxygen atoms in total. The number of nitrogens with zero attached hydrogens (tertiary/aromatic N) is 3. The second-order valence-corrected chi connectivity index (χ2v) is 4.77. The van der Waals surface area contributed by atoms with Crippen molar-refractivity contribution in [3.63, 3.8) is 0 Å². The Morgan fingerprint density at radius 1 is 1.28 bits per heavy atom. The first kappa shape index (κ1) is 11.4.